The summed E-state index contributed by atoms with van der Waals surface area (Å²) >= 11 is 0. The number of aliphatic hydroxyl groups excluding tert-OH is 2. The second-order valence-corrected chi connectivity index (χ2v) is 19.8. The molecule has 66 heavy (non-hydrogen) atoms. The quantitative estimate of drug-likeness (QED) is 0.141. The molecule has 4 aliphatic rings. The van der Waals surface area contributed by atoms with Crippen LogP contribution in [-0.2, 0) is 47.7 Å². The van der Waals surface area contributed by atoms with Crippen molar-refractivity contribution in [2.45, 2.75) is 186 Å². The fraction of sp³-hybridized carbons (Fsp3) is 0.750. The molecule has 2 bridgehead atoms. The van der Waals surface area contributed by atoms with E-state index in [-0.39, 0.29) is 54.8 Å². The normalized spacial score (nSPS) is 38.7. The van der Waals surface area contributed by atoms with Crippen LogP contribution in [0.3, 0.4) is 0 Å². The molecule has 3 fully saturated rings. The Morgan fingerprint density at radius 2 is 1.59 bits per heavy atom. The van der Waals surface area contributed by atoms with Gasteiger partial charge in [0.25, 0.3) is 11.7 Å². The highest BCUT2D eigenvalue weighted by Crippen LogP contribution is 2.38. The van der Waals surface area contributed by atoms with E-state index >= 15 is 0 Å². The van der Waals surface area contributed by atoms with E-state index in [4.69, 9.17) is 23.7 Å². The van der Waals surface area contributed by atoms with E-state index in [9.17, 15) is 39.3 Å². The number of rotatable bonds is 7. The third-order valence-corrected chi connectivity index (χ3v) is 14.9. The fourth-order valence-electron chi connectivity index (χ4n) is 10.3. The Labute approximate surface area is 393 Å². The number of ether oxygens (including phenoxy) is 5. The maximum atomic E-state index is 14.4. The summed E-state index contributed by atoms with van der Waals surface area (Å²) in [5.74, 6) is -7.89. The number of carbonyl (C=O) groups is 5. The van der Waals surface area contributed by atoms with Crippen LogP contribution >= 0.6 is 0 Å². The van der Waals surface area contributed by atoms with Crippen molar-refractivity contribution >= 4 is 29.2 Å². The first-order valence-corrected chi connectivity index (χ1v) is 24.5. The minimum absolute atomic E-state index is 0.0702. The van der Waals surface area contributed by atoms with Gasteiger partial charge >= 0.3 is 5.97 Å². The van der Waals surface area contributed by atoms with Crippen LogP contribution in [0.4, 0.5) is 0 Å². The maximum absolute atomic E-state index is 14.4. The highest BCUT2D eigenvalue weighted by molar-refractivity contribution is 6.39. The molecular weight excluding hydrogens is 847 g/mol. The molecule has 14 nitrogen and oxygen atoms in total. The molecular formula is C52H81NO13. The van der Waals surface area contributed by atoms with Crippen LogP contribution in [0.5, 0.6) is 0 Å². The number of nitrogens with zero attached hydrogens (tertiary/aromatic N) is 1. The molecule has 3 aliphatic heterocycles. The first kappa shape index (κ1) is 55.2. The Bertz CT molecular complexity index is 1770. The van der Waals surface area contributed by atoms with Gasteiger partial charge in [-0.15, -0.1) is 0 Å². The van der Waals surface area contributed by atoms with E-state index in [0.717, 1.165) is 18.4 Å². The zero-order valence-corrected chi connectivity index (χ0v) is 41.3. The Balaban J connectivity index is 1.71. The van der Waals surface area contributed by atoms with Crippen molar-refractivity contribution in [3.63, 3.8) is 0 Å². The van der Waals surface area contributed by atoms with Gasteiger partial charge in [-0.3, -0.25) is 19.2 Å². The number of fused-ring (bicyclic) bond motifs is 3. The van der Waals surface area contributed by atoms with Gasteiger partial charge in [0, 0.05) is 58.5 Å². The summed E-state index contributed by atoms with van der Waals surface area (Å²) in [6, 6.07) is -1.14. The summed E-state index contributed by atoms with van der Waals surface area (Å²) < 4.78 is 29.4. The molecule has 2 saturated heterocycles. The molecule has 0 aromatic heterocycles. The van der Waals surface area contributed by atoms with Crippen LogP contribution in [0.25, 0.3) is 0 Å². The average molecular weight is 928 g/mol. The summed E-state index contributed by atoms with van der Waals surface area (Å²) in [5.41, 5.74) is 1.27. The molecule has 0 radical (unpaired) electrons. The highest BCUT2D eigenvalue weighted by Gasteiger charge is 2.53. The lowest BCUT2D eigenvalue weighted by Crippen LogP contribution is -2.61. The molecule has 1 saturated carbocycles. The smallest absolute Gasteiger partial charge is 0.329 e. The van der Waals surface area contributed by atoms with Gasteiger partial charge in [0.2, 0.25) is 5.79 Å². The summed E-state index contributed by atoms with van der Waals surface area (Å²) in [6.45, 7) is 12.8. The summed E-state index contributed by atoms with van der Waals surface area (Å²) in [5, 5.41) is 33.9. The lowest BCUT2D eigenvalue weighted by atomic mass is 9.78. The van der Waals surface area contributed by atoms with E-state index in [1.807, 2.05) is 45.1 Å². The van der Waals surface area contributed by atoms with E-state index in [1.165, 1.54) is 12.0 Å². The number of piperidine rings is 1. The lowest BCUT2D eigenvalue weighted by Gasteiger charge is -2.42. The molecule has 14 heteroatoms. The number of allylic oxidation sites excluding steroid dienone is 6. The number of ketones is 3. The summed E-state index contributed by atoms with van der Waals surface area (Å²) in [7, 11) is 4.53. The van der Waals surface area contributed by atoms with Gasteiger partial charge in [-0.05, 0) is 113 Å². The summed E-state index contributed by atoms with van der Waals surface area (Å²) in [6.07, 6.45) is 12.1. The molecule has 372 valence electrons. The van der Waals surface area contributed by atoms with Gasteiger partial charge in [-0.2, -0.15) is 0 Å². The number of esters is 1. The fourth-order valence-corrected chi connectivity index (χ4v) is 10.3. The van der Waals surface area contributed by atoms with Crippen molar-refractivity contribution in [1.29, 1.82) is 0 Å². The largest absolute Gasteiger partial charge is 0.460 e. The topological polar surface area (TPSA) is 195 Å². The number of methoxy groups -OCH3 is 3. The third-order valence-electron chi connectivity index (χ3n) is 14.9. The maximum Gasteiger partial charge on any atom is 0.329 e. The van der Waals surface area contributed by atoms with Gasteiger partial charge in [0.05, 0.1) is 24.4 Å². The number of hydrogen-bond donors (Lipinski definition) is 3. The standard InChI is InChI=1S/C52H81NO13/c1-11-37-18-14-12-13-17-31(2)43(62-8)29-39-22-20-36(7)52(61,66-39)49(58)50(59)53-24-16-15-19-40(53)51(60)65-44(33(4)26-38-21-23-41(54)45(28-38)63-9)30-42(55)32(3)25-34(5)46(56)48(64-10)47(57)35(6)27-37/h12-14,17-18,25,32-33,35-41,43-46,48,54,56,61H,11,15-16,19-24,26-30H2,1-10H3/b13-12?,18-14+,31-17?,34-25-/t32-,33-,35-,36-,37+,38+,39-,40?,41-,43+,44+,45-,46-,48-,52-/m1/s1. The number of aliphatic hydroxyl groups is 3. The second kappa shape index (κ2) is 25.8. The van der Waals surface area contributed by atoms with E-state index in [0.29, 0.717) is 63.4 Å². The minimum Gasteiger partial charge on any atom is -0.460 e. The molecule has 3 N–H and O–H groups in total. The zero-order valence-electron chi connectivity index (χ0n) is 41.3. The molecule has 4 rings (SSSR count). The summed E-state index contributed by atoms with van der Waals surface area (Å²) in [4.78, 5) is 72.0. The molecule has 1 unspecified atom stereocenters. The van der Waals surface area contributed by atoms with Crippen LogP contribution in [0, 0.1) is 35.5 Å². The number of Topliss-reactive ketones (excluding diaryl/α,β-unsaturated/α-hetero) is 3. The molecule has 0 aromatic carbocycles. The van der Waals surface area contributed by atoms with Crippen LogP contribution in [-0.4, -0.2) is 132 Å². The predicted octanol–water partition coefficient (Wildman–Crippen LogP) is 6.57. The van der Waals surface area contributed by atoms with Crippen molar-refractivity contribution in [2.75, 3.05) is 27.9 Å². The average Bonchev–Trinajstić information content (AvgIpc) is 3.30. The molecule has 3 heterocycles. The van der Waals surface area contributed by atoms with Crippen molar-refractivity contribution in [1.82, 2.24) is 4.90 Å². The van der Waals surface area contributed by atoms with Crippen molar-refractivity contribution in [3.05, 3.63) is 47.6 Å². The first-order valence-electron chi connectivity index (χ1n) is 24.5. The van der Waals surface area contributed by atoms with Gasteiger partial charge < -0.3 is 43.9 Å². The zero-order chi connectivity index (χ0) is 48.9. The van der Waals surface area contributed by atoms with E-state index < -0.39 is 83.9 Å². The number of amides is 1. The van der Waals surface area contributed by atoms with Gasteiger partial charge in [-0.1, -0.05) is 71.1 Å². The lowest BCUT2D eigenvalue weighted by molar-refractivity contribution is -0.265. The van der Waals surface area contributed by atoms with Gasteiger partial charge in [0.1, 0.15) is 30.1 Å². The van der Waals surface area contributed by atoms with Crippen molar-refractivity contribution in [3.8, 4) is 0 Å². The Morgan fingerprint density at radius 1 is 0.864 bits per heavy atom. The van der Waals surface area contributed by atoms with Crippen molar-refractivity contribution in [2.24, 2.45) is 35.5 Å². The van der Waals surface area contributed by atoms with Crippen LogP contribution in [0.1, 0.15) is 132 Å². The third kappa shape index (κ3) is 14.3. The SMILES string of the molecule is CC[C@H]1/C=C/C=CC=C(C)[C@@H](OC)C[C@H]2CC[C@@H](C)[C@@](O)(O2)C(=O)C(=O)N2CCCCC2C(=O)O[C@H]([C@H](C)C[C@@H]2CC[C@@H](O)[C@H](OC)C2)CC(=O)[C@H](C)/C=C(/C)[C@@H](O)[C@@H](OC)C(=O)[C@H](C)C1. The molecule has 1 aliphatic carbocycles. The van der Waals surface area contributed by atoms with Crippen LogP contribution in [0.15, 0.2) is 47.6 Å². The second-order valence-electron chi connectivity index (χ2n) is 19.8. The number of hydrogen-bond acceptors (Lipinski definition) is 13. The Hall–Kier alpha value is -3.37. The van der Waals surface area contributed by atoms with E-state index in [1.54, 1.807) is 41.1 Å². The first-order chi connectivity index (χ1) is 31.3. The van der Waals surface area contributed by atoms with Gasteiger partial charge in [-0.25, -0.2) is 4.79 Å². The Kier molecular flexibility index (Phi) is 21.6. The van der Waals surface area contributed by atoms with E-state index in [2.05, 4.69) is 13.0 Å². The molecule has 15 atom stereocenters. The minimum atomic E-state index is -2.43. The van der Waals surface area contributed by atoms with Crippen LogP contribution in [0.2, 0.25) is 0 Å². The highest BCUT2D eigenvalue weighted by atomic mass is 16.6. The monoisotopic (exact) mass is 928 g/mol. The number of cyclic esters (lactones) is 1. The molecule has 0 spiro atoms. The van der Waals surface area contributed by atoms with Crippen molar-refractivity contribution < 1.29 is 63.0 Å². The van der Waals surface area contributed by atoms with Crippen LogP contribution < -0.4 is 0 Å². The van der Waals surface area contributed by atoms with Gasteiger partial charge in [0.15, 0.2) is 5.78 Å². The Morgan fingerprint density at radius 3 is 2.26 bits per heavy atom. The number of carbonyl (C=O) groups excluding carboxylic acids is 5. The predicted molar refractivity (Wildman–Crippen MR) is 250 cm³/mol. The molecule has 0 aromatic rings. The molecule has 1 amide bonds.